The number of rotatable bonds is 4. The summed E-state index contributed by atoms with van der Waals surface area (Å²) in [6.07, 6.45) is 4.63. The van der Waals surface area contributed by atoms with E-state index in [1.165, 1.54) is 24.2 Å². The predicted molar refractivity (Wildman–Crippen MR) is 83.7 cm³/mol. The molecule has 1 aliphatic carbocycles. The number of carbonyl (C=O) groups excluding carboxylic acids is 1. The lowest BCUT2D eigenvalue weighted by Crippen LogP contribution is -2.40. The fourth-order valence-corrected chi connectivity index (χ4v) is 5.36. The van der Waals surface area contributed by atoms with Crippen molar-refractivity contribution in [3.8, 4) is 0 Å². The summed E-state index contributed by atoms with van der Waals surface area (Å²) in [5.74, 6) is 0.585. The lowest BCUT2D eigenvalue weighted by molar-refractivity contribution is 0.0695. The third-order valence-corrected chi connectivity index (χ3v) is 5.75. The zero-order chi connectivity index (χ0) is 13.1. The smallest absolute Gasteiger partial charge is 0.256 e. The molecule has 0 aromatic carbocycles. The first-order valence-electron chi connectivity index (χ1n) is 5.95. The third kappa shape index (κ3) is 3.30. The summed E-state index contributed by atoms with van der Waals surface area (Å²) in [5.41, 5.74) is 0.740. The Morgan fingerprint density at radius 1 is 1.44 bits per heavy atom. The molecule has 18 heavy (non-hydrogen) atoms. The molecule has 2 rings (SSSR count). The van der Waals surface area contributed by atoms with E-state index in [0.29, 0.717) is 18.5 Å². The highest BCUT2D eigenvalue weighted by molar-refractivity contribution is 9.12. The van der Waals surface area contributed by atoms with Gasteiger partial charge in [-0.05, 0) is 50.8 Å². The van der Waals surface area contributed by atoms with E-state index >= 15 is 0 Å². The van der Waals surface area contributed by atoms with Crippen molar-refractivity contribution in [2.24, 2.45) is 0 Å². The number of alkyl halides is 1. The van der Waals surface area contributed by atoms with Crippen molar-refractivity contribution in [2.45, 2.75) is 31.7 Å². The second kappa shape index (κ2) is 6.73. The molecule has 1 aromatic rings. The number of thiophene rings is 1. The first-order chi connectivity index (χ1) is 8.63. The quantitative estimate of drug-likeness (QED) is 0.641. The second-order valence-corrected chi connectivity index (χ2v) is 8.49. The van der Waals surface area contributed by atoms with E-state index in [1.807, 2.05) is 11.0 Å². The van der Waals surface area contributed by atoms with E-state index in [0.717, 1.165) is 26.0 Å². The molecular formula is C12H14Br2ClNOS. The summed E-state index contributed by atoms with van der Waals surface area (Å²) in [5, 5.41) is 0. The van der Waals surface area contributed by atoms with E-state index in [9.17, 15) is 4.79 Å². The number of hydrogen-bond acceptors (Lipinski definition) is 2. The van der Waals surface area contributed by atoms with Crippen molar-refractivity contribution in [3.63, 3.8) is 0 Å². The fraction of sp³-hybridized carbons (Fsp3) is 0.583. The van der Waals surface area contributed by atoms with Crippen molar-refractivity contribution in [1.29, 1.82) is 0 Å². The monoisotopic (exact) mass is 413 g/mol. The molecule has 100 valence electrons. The maximum atomic E-state index is 12.6. The molecular weight excluding hydrogens is 401 g/mol. The van der Waals surface area contributed by atoms with Crippen LogP contribution in [-0.4, -0.2) is 29.3 Å². The first kappa shape index (κ1) is 14.8. The molecule has 1 heterocycles. The Bertz CT molecular complexity index is 432. The molecule has 1 saturated carbocycles. The van der Waals surface area contributed by atoms with Crippen LogP contribution in [0.4, 0.5) is 0 Å². The van der Waals surface area contributed by atoms with Crippen LogP contribution in [0, 0.1) is 0 Å². The lowest BCUT2D eigenvalue weighted by atomic mass is 10.2. The van der Waals surface area contributed by atoms with Gasteiger partial charge in [0.15, 0.2) is 0 Å². The second-order valence-electron chi connectivity index (χ2n) is 4.36. The van der Waals surface area contributed by atoms with Gasteiger partial charge >= 0.3 is 0 Å². The van der Waals surface area contributed by atoms with Gasteiger partial charge in [-0.3, -0.25) is 4.79 Å². The summed E-state index contributed by atoms with van der Waals surface area (Å²) in [4.78, 5) is 14.5. The van der Waals surface area contributed by atoms with Gasteiger partial charge in [-0.25, -0.2) is 0 Å². The van der Waals surface area contributed by atoms with Crippen LogP contribution >= 0.6 is 54.8 Å². The van der Waals surface area contributed by atoms with Crippen LogP contribution in [-0.2, 0) is 0 Å². The highest BCUT2D eigenvalue weighted by Gasteiger charge is 2.28. The Kier molecular flexibility index (Phi) is 5.54. The maximum absolute atomic E-state index is 12.6. The minimum Gasteiger partial charge on any atom is -0.334 e. The molecule has 0 spiro atoms. The van der Waals surface area contributed by atoms with Gasteiger partial charge in [-0.15, -0.1) is 22.9 Å². The molecule has 0 atom stereocenters. The van der Waals surface area contributed by atoms with Crippen molar-refractivity contribution >= 4 is 60.7 Å². The Hall–Kier alpha value is 0.420. The minimum absolute atomic E-state index is 0.0939. The van der Waals surface area contributed by atoms with Crippen molar-refractivity contribution in [3.05, 3.63) is 19.2 Å². The summed E-state index contributed by atoms with van der Waals surface area (Å²) in [6, 6.07) is 2.25. The van der Waals surface area contributed by atoms with Gasteiger partial charge in [0.25, 0.3) is 5.91 Å². The summed E-state index contributed by atoms with van der Waals surface area (Å²) in [7, 11) is 0. The number of carbonyl (C=O) groups is 1. The molecule has 0 unspecified atom stereocenters. The standard InChI is InChI=1S/C12H14Br2ClNOS/c13-10-7-9(11(14)18-10)12(17)16(6-5-15)8-3-1-2-4-8/h7-8H,1-6H2. The van der Waals surface area contributed by atoms with Crippen LogP contribution in [0.2, 0.25) is 0 Å². The van der Waals surface area contributed by atoms with Gasteiger partial charge in [-0.2, -0.15) is 0 Å². The van der Waals surface area contributed by atoms with Gasteiger partial charge in [0.05, 0.1) is 13.1 Å². The molecule has 1 amide bonds. The highest BCUT2D eigenvalue weighted by Crippen LogP contribution is 2.34. The van der Waals surface area contributed by atoms with Crippen LogP contribution in [0.25, 0.3) is 0 Å². The average molecular weight is 416 g/mol. The van der Waals surface area contributed by atoms with Crippen molar-refractivity contribution in [2.75, 3.05) is 12.4 Å². The minimum atomic E-state index is 0.0939. The summed E-state index contributed by atoms with van der Waals surface area (Å²) in [6.45, 7) is 0.630. The van der Waals surface area contributed by atoms with E-state index in [4.69, 9.17) is 11.6 Å². The molecule has 0 aliphatic heterocycles. The molecule has 0 radical (unpaired) electrons. The first-order valence-corrected chi connectivity index (χ1v) is 8.89. The zero-order valence-corrected chi connectivity index (χ0v) is 14.5. The highest BCUT2D eigenvalue weighted by atomic mass is 79.9. The lowest BCUT2D eigenvalue weighted by Gasteiger charge is -2.28. The summed E-state index contributed by atoms with van der Waals surface area (Å²) < 4.78 is 1.85. The van der Waals surface area contributed by atoms with Crippen molar-refractivity contribution < 1.29 is 4.79 Å². The van der Waals surface area contributed by atoms with Crippen LogP contribution in [0.3, 0.4) is 0 Å². The average Bonchev–Trinajstić information content (AvgIpc) is 2.95. The number of amides is 1. The Balaban J connectivity index is 2.19. The summed E-state index contributed by atoms with van der Waals surface area (Å²) >= 11 is 14.2. The molecule has 1 fully saturated rings. The molecule has 0 saturated heterocycles. The molecule has 0 bridgehead atoms. The van der Waals surface area contributed by atoms with Crippen molar-refractivity contribution in [1.82, 2.24) is 4.90 Å². The van der Waals surface area contributed by atoms with Gasteiger partial charge in [0, 0.05) is 18.5 Å². The topological polar surface area (TPSA) is 20.3 Å². The van der Waals surface area contributed by atoms with Crippen LogP contribution < -0.4 is 0 Å². The SMILES string of the molecule is O=C(c1cc(Br)sc1Br)N(CCCl)C1CCCC1. The molecule has 6 heteroatoms. The molecule has 0 N–H and O–H groups in total. The molecule has 1 aliphatic rings. The third-order valence-electron chi connectivity index (χ3n) is 3.24. The largest absolute Gasteiger partial charge is 0.334 e. The maximum Gasteiger partial charge on any atom is 0.256 e. The molecule has 2 nitrogen and oxygen atoms in total. The Morgan fingerprint density at radius 2 is 2.11 bits per heavy atom. The van der Waals surface area contributed by atoms with Crippen LogP contribution in [0.1, 0.15) is 36.0 Å². The zero-order valence-electron chi connectivity index (χ0n) is 9.79. The van der Waals surface area contributed by atoms with Gasteiger partial charge in [0.1, 0.15) is 0 Å². The number of nitrogens with zero attached hydrogens (tertiary/aromatic N) is 1. The Labute approximate surface area is 133 Å². The van der Waals surface area contributed by atoms with Crippen LogP contribution in [0.15, 0.2) is 13.6 Å². The Morgan fingerprint density at radius 3 is 2.61 bits per heavy atom. The van der Waals surface area contributed by atoms with E-state index in [1.54, 1.807) is 0 Å². The van der Waals surface area contributed by atoms with E-state index in [-0.39, 0.29) is 5.91 Å². The predicted octanol–water partition coefficient (Wildman–Crippen LogP) is 4.90. The van der Waals surface area contributed by atoms with Gasteiger partial charge < -0.3 is 4.90 Å². The molecule has 1 aromatic heterocycles. The number of halogens is 3. The van der Waals surface area contributed by atoms with E-state index in [2.05, 4.69) is 31.9 Å². The van der Waals surface area contributed by atoms with Crippen LogP contribution in [0.5, 0.6) is 0 Å². The normalized spacial score (nSPS) is 16.2. The van der Waals surface area contributed by atoms with E-state index < -0.39 is 0 Å². The van der Waals surface area contributed by atoms with Gasteiger partial charge in [0.2, 0.25) is 0 Å². The number of hydrogen-bond donors (Lipinski definition) is 0. The van der Waals surface area contributed by atoms with Gasteiger partial charge in [-0.1, -0.05) is 12.8 Å². The fourth-order valence-electron chi connectivity index (χ4n) is 2.40.